The maximum absolute atomic E-state index is 12.7. The maximum atomic E-state index is 12.7. The van der Waals surface area contributed by atoms with Crippen molar-refractivity contribution in [1.29, 1.82) is 0 Å². The van der Waals surface area contributed by atoms with Crippen molar-refractivity contribution in [2.75, 3.05) is 47.5 Å². The molecule has 0 radical (unpaired) electrons. The highest BCUT2D eigenvalue weighted by Crippen LogP contribution is 2.38. The fourth-order valence-electron chi connectivity index (χ4n) is 8.63. The third-order valence-corrected chi connectivity index (χ3v) is 14.2. The van der Waals surface area contributed by atoms with Gasteiger partial charge in [-0.05, 0) is 44.9 Å². The Bertz CT molecular complexity index is 1220. The molecule has 2 unspecified atom stereocenters. The minimum absolute atomic E-state index is 0.0271. The molecule has 0 spiro atoms. The third-order valence-electron chi connectivity index (χ3n) is 13.2. The molecule has 0 saturated heterocycles. The van der Waals surface area contributed by atoms with Gasteiger partial charge in [-0.3, -0.25) is 14.2 Å². The van der Waals surface area contributed by atoms with Gasteiger partial charge in [0, 0.05) is 12.8 Å². The number of carbonyl (C=O) groups is 2. The molecule has 0 aromatic carbocycles. The summed E-state index contributed by atoms with van der Waals surface area (Å²) in [6.45, 7) is 4.22. The van der Waals surface area contributed by atoms with Gasteiger partial charge in [-0.25, -0.2) is 0 Å². The lowest BCUT2D eigenvalue weighted by Gasteiger charge is -2.28. The number of hydrogen-bond acceptors (Lipinski definition) is 8. The van der Waals surface area contributed by atoms with Crippen molar-refractivity contribution >= 4 is 19.8 Å². The van der Waals surface area contributed by atoms with Crippen molar-refractivity contribution < 1.29 is 42.1 Å². The average Bonchev–Trinajstić information content (AvgIpc) is 3.31. The number of likely N-dealkylation sites (N-methyl/N-ethyl adjacent to an activating group) is 1. The van der Waals surface area contributed by atoms with E-state index < -0.39 is 26.5 Å². The lowest BCUT2D eigenvalue weighted by atomic mass is 10.0. The van der Waals surface area contributed by atoms with Gasteiger partial charge in [0.05, 0.1) is 27.7 Å². The molecule has 69 heavy (non-hydrogen) atoms. The van der Waals surface area contributed by atoms with E-state index in [2.05, 4.69) is 38.2 Å². The molecule has 10 heteroatoms. The summed E-state index contributed by atoms with van der Waals surface area (Å²) in [4.78, 5) is 37.6. The summed E-state index contributed by atoms with van der Waals surface area (Å²) in [5, 5.41) is 0. The van der Waals surface area contributed by atoms with Crippen molar-refractivity contribution in [3.63, 3.8) is 0 Å². The summed E-state index contributed by atoms with van der Waals surface area (Å²) in [5.41, 5.74) is 0. The van der Waals surface area contributed by atoms with Gasteiger partial charge in [-0.2, -0.15) is 0 Å². The van der Waals surface area contributed by atoms with E-state index in [0.717, 1.165) is 38.5 Å². The molecule has 0 amide bonds. The minimum atomic E-state index is -4.62. The number of unbranched alkanes of at least 4 members (excludes halogenated alkanes) is 37. The highest BCUT2D eigenvalue weighted by atomic mass is 31.2. The smallest absolute Gasteiger partial charge is 0.306 e. The van der Waals surface area contributed by atoms with E-state index in [4.69, 9.17) is 18.5 Å². The Labute approximate surface area is 428 Å². The Morgan fingerprint density at radius 3 is 1.14 bits per heavy atom. The molecule has 0 aromatic heterocycles. The number of rotatable bonds is 55. The summed E-state index contributed by atoms with van der Waals surface area (Å²) < 4.78 is 34.0. The Kier molecular flexibility index (Phi) is 50.3. The first-order chi connectivity index (χ1) is 33.5. The number of phosphoric acid groups is 1. The quantitative estimate of drug-likeness (QED) is 0.0195. The van der Waals surface area contributed by atoms with Gasteiger partial charge in [0.25, 0.3) is 7.82 Å². The van der Waals surface area contributed by atoms with Crippen molar-refractivity contribution in [2.45, 2.75) is 296 Å². The fourth-order valence-corrected chi connectivity index (χ4v) is 9.36. The maximum Gasteiger partial charge on any atom is 0.306 e. The fraction of sp³-hybridized carbons (Fsp3) is 0.898. The van der Waals surface area contributed by atoms with Gasteiger partial charge >= 0.3 is 11.9 Å². The van der Waals surface area contributed by atoms with Gasteiger partial charge in [-0.1, -0.05) is 256 Å². The zero-order valence-corrected chi connectivity index (χ0v) is 47.2. The number of ether oxygens (including phenoxy) is 2. The van der Waals surface area contributed by atoms with E-state index in [1.54, 1.807) is 0 Å². The van der Waals surface area contributed by atoms with Crippen LogP contribution in [0.5, 0.6) is 0 Å². The number of quaternary nitrogens is 1. The molecule has 0 N–H and O–H groups in total. The Morgan fingerprint density at radius 2 is 0.783 bits per heavy atom. The van der Waals surface area contributed by atoms with Crippen LogP contribution in [0.1, 0.15) is 290 Å². The van der Waals surface area contributed by atoms with Gasteiger partial charge < -0.3 is 27.9 Å². The van der Waals surface area contributed by atoms with Crippen LogP contribution in [0.4, 0.5) is 0 Å². The number of phosphoric ester groups is 1. The lowest BCUT2D eigenvalue weighted by Crippen LogP contribution is -2.37. The molecular weight excluding hydrogens is 882 g/mol. The average molecular weight is 997 g/mol. The molecule has 2 atom stereocenters. The first-order valence-corrected chi connectivity index (χ1v) is 31.0. The SMILES string of the molecule is CCCCCCC/C=C\C/C=C\CCCCCCCCCCCCCCCCCCCCCCCCCCCC(=O)OC(COC(=O)CCCCCCCCCC)COP(=O)([O-])OCC[N+](C)(C)C. The van der Waals surface area contributed by atoms with Gasteiger partial charge in [0.2, 0.25) is 0 Å². The number of allylic oxidation sites excluding steroid dienone is 4. The van der Waals surface area contributed by atoms with Crippen LogP contribution in [0.25, 0.3) is 0 Å². The second kappa shape index (κ2) is 51.4. The normalized spacial score (nSPS) is 13.4. The van der Waals surface area contributed by atoms with Crippen LogP contribution in [0.3, 0.4) is 0 Å². The largest absolute Gasteiger partial charge is 0.756 e. The molecule has 0 aromatic rings. The molecule has 0 aliphatic rings. The van der Waals surface area contributed by atoms with Gasteiger partial charge in [0.1, 0.15) is 19.8 Å². The molecule has 0 aliphatic carbocycles. The molecule has 0 bridgehead atoms. The standard InChI is InChI=1S/C59H114NO8P/c1-6-8-10-12-14-16-17-18-19-20-21-22-23-24-25-26-27-28-29-30-31-32-33-34-35-36-37-38-39-40-41-42-43-44-46-48-50-52-59(62)68-57(56-67-69(63,64)66-54-53-60(3,4)5)55-65-58(61)51-49-47-45-15-13-11-9-7-2/h17-18,20-21,57H,6-16,19,22-56H2,1-5H3/b18-17-,21-20-. The number of hydrogen-bond donors (Lipinski definition) is 0. The van der Waals surface area contributed by atoms with Crippen LogP contribution in [-0.2, 0) is 32.7 Å². The number of nitrogens with zero attached hydrogens (tertiary/aromatic N) is 1. The highest BCUT2D eigenvalue weighted by Gasteiger charge is 2.22. The zero-order valence-electron chi connectivity index (χ0n) is 46.3. The van der Waals surface area contributed by atoms with Crippen LogP contribution in [-0.4, -0.2) is 70.0 Å². The molecule has 0 saturated carbocycles. The van der Waals surface area contributed by atoms with Crippen molar-refractivity contribution in [3.05, 3.63) is 24.3 Å². The van der Waals surface area contributed by atoms with E-state index >= 15 is 0 Å². The number of esters is 2. The summed E-state index contributed by atoms with van der Waals surface area (Å²) >= 11 is 0. The molecule has 0 fully saturated rings. The van der Waals surface area contributed by atoms with Gasteiger partial charge in [-0.15, -0.1) is 0 Å². The van der Waals surface area contributed by atoms with E-state index in [-0.39, 0.29) is 32.0 Å². The Morgan fingerprint density at radius 1 is 0.449 bits per heavy atom. The highest BCUT2D eigenvalue weighted by molar-refractivity contribution is 7.45. The lowest BCUT2D eigenvalue weighted by molar-refractivity contribution is -0.870. The van der Waals surface area contributed by atoms with Crippen molar-refractivity contribution in [2.24, 2.45) is 0 Å². The second-order valence-electron chi connectivity index (χ2n) is 21.4. The molecule has 0 aliphatic heterocycles. The van der Waals surface area contributed by atoms with Crippen LogP contribution in [0, 0.1) is 0 Å². The third kappa shape index (κ3) is 55.7. The zero-order chi connectivity index (χ0) is 50.6. The van der Waals surface area contributed by atoms with E-state index in [9.17, 15) is 19.0 Å². The van der Waals surface area contributed by atoms with Gasteiger partial charge in [0.15, 0.2) is 6.10 Å². The first kappa shape index (κ1) is 67.5. The molecule has 0 rings (SSSR count). The van der Waals surface area contributed by atoms with Crippen LogP contribution >= 0.6 is 7.82 Å². The molecule has 408 valence electrons. The summed E-state index contributed by atoms with van der Waals surface area (Å²) in [6, 6.07) is 0. The Balaban J connectivity index is 3.80. The molecule has 0 heterocycles. The van der Waals surface area contributed by atoms with Crippen LogP contribution < -0.4 is 4.89 Å². The topological polar surface area (TPSA) is 111 Å². The predicted octanol–water partition coefficient (Wildman–Crippen LogP) is 17.6. The van der Waals surface area contributed by atoms with Crippen molar-refractivity contribution in [3.8, 4) is 0 Å². The summed E-state index contributed by atoms with van der Waals surface area (Å²) in [5.74, 6) is -0.824. The predicted molar refractivity (Wildman–Crippen MR) is 291 cm³/mol. The second-order valence-corrected chi connectivity index (χ2v) is 22.8. The van der Waals surface area contributed by atoms with Crippen LogP contribution in [0.2, 0.25) is 0 Å². The van der Waals surface area contributed by atoms with Crippen LogP contribution in [0.15, 0.2) is 24.3 Å². The first-order valence-electron chi connectivity index (χ1n) is 29.5. The summed E-state index contributed by atoms with van der Waals surface area (Å²) in [6.07, 6.45) is 61.4. The van der Waals surface area contributed by atoms with E-state index in [1.165, 1.54) is 218 Å². The summed E-state index contributed by atoms with van der Waals surface area (Å²) in [7, 11) is 1.18. The number of carbonyl (C=O) groups excluding carboxylic acids is 2. The minimum Gasteiger partial charge on any atom is -0.756 e. The molecule has 9 nitrogen and oxygen atoms in total. The van der Waals surface area contributed by atoms with Crippen molar-refractivity contribution in [1.82, 2.24) is 0 Å². The Hall–Kier alpha value is -1.51. The molecular formula is C59H114NO8P. The van der Waals surface area contributed by atoms with E-state index in [0.29, 0.717) is 17.4 Å². The van der Waals surface area contributed by atoms with E-state index in [1.807, 2.05) is 21.1 Å². The monoisotopic (exact) mass is 996 g/mol.